The minimum absolute atomic E-state index is 0.000231. The molecule has 1 aromatic carbocycles. The largest absolute Gasteiger partial charge is 0.424 e. The molecule has 1 N–H and O–H groups in total. The van der Waals surface area contributed by atoms with Crippen LogP contribution in [0.1, 0.15) is 19.8 Å². The Balaban J connectivity index is 1.89. The van der Waals surface area contributed by atoms with Gasteiger partial charge in [0.15, 0.2) is 5.58 Å². The molecule has 0 saturated carbocycles. The molecule has 1 heterocycles. The summed E-state index contributed by atoms with van der Waals surface area (Å²) in [7, 11) is 0. The highest BCUT2D eigenvalue weighted by Crippen LogP contribution is 2.23. The molecule has 20 heavy (non-hydrogen) atoms. The van der Waals surface area contributed by atoms with Crippen LogP contribution in [0, 0.1) is 10.1 Å². The second kappa shape index (κ2) is 6.85. The maximum atomic E-state index is 10.7. The summed E-state index contributed by atoms with van der Waals surface area (Å²) in [5.74, 6) is 0. The molecule has 0 amide bonds. The van der Waals surface area contributed by atoms with Crippen molar-refractivity contribution >= 4 is 22.8 Å². The van der Waals surface area contributed by atoms with E-state index in [2.05, 4.69) is 17.2 Å². The van der Waals surface area contributed by atoms with E-state index in [1.165, 1.54) is 12.1 Å². The van der Waals surface area contributed by atoms with Crippen molar-refractivity contribution in [3.05, 3.63) is 28.3 Å². The fourth-order valence-electron chi connectivity index (χ4n) is 1.68. The molecular formula is C13H17N3O4. The number of rotatable bonds is 8. The van der Waals surface area contributed by atoms with Crippen molar-refractivity contribution in [1.82, 2.24) is 4.98 Å². The molecule has 2 rings (SSSR count). The van der Waals surface area contributed by atoms with Crippen LogP contribution in [-0.2, 0) is 4.74 Å². The van der Waals surface area contributed by atoms with E-state index in [0.717, 1.165) is 19.4 Å². The number of benzene rings is 1. The molecule has 0 aliphatic heterocycles. The number of ether oxygens (including phenoxy) is 1. The Morgan fingerprint density at radius 1 is 1.45 bits per heavy atom. The van der Waals surface area contributed by atoms with E-state index in [1.807, 2.05) is 0 Å². The molecule has 2 aromatic rings. The Hall–Kier alpha value is -2.15. The molecule has 0 bridgehead atoms. The van der Waals surface area contributed by atoms with Crippen LogP contribution in [0.3, 0.4) is 0 Å². The van der Waals surface area contributed by atoms with Gasteiger partial charge in [-0.05, 0) is 12.5 Å². The fourth-order valence-corrected chi connectivity index (χ4v) is 1.68. The van der Waals surface area contributed by atoms with Crippen LogP contribution in [0.4, 0.5) is 11.7 Å². The number of unbranched alkanes of at least 4 members (excludes halogenated alkanes) is 1. The number of nitro groups is 1. The Bertz CT molecular complexity index is 582. The zero-order chi connectivity index (χ0) is 14.4. The lowest BCUT2D eigenvalue weighted by molar-refractivity contribution is -0.384. The number of nitrogens with one attached hydrogen (secondary N) is 1. The average Bonchev–Trinajstić information content (AvgIpc) is 2.84. The Morgan fingerprint density at radius 3 is 3.05 bits per heavy atom. The fraction of sp³-hybridized carbons (Fsp3) is 0.462. The lowest BCUT2D eigenvalue weighted by Gasteiger charge is -2.03. The molecule has 0 aliphatic carbocycles. The van der Waals surface area contributed by atoms with Gasteiger partial charge in [0.2, 0.25) is 0 Å². The van der Waals surface area contributed by atoms with Crippen LogP contribution in [0.25, 0.3) is 11.1 Å². The number of anilines is 1. The Kier molecular flexibility index (Phi) is 4.89. The van der Waals surface area contributed by atoms with Crippen LogP contribution in [0.5, 0.6) is 0 Å². The topological polar surface area (TPSA) is 90.4 Å². The number of aromatic nitrogens is 1. The first-order valence-corrected chi connectivity index (χ1v) is 6.57. The van der Waals surface area contributed by atoms with E-state index >= 15 is 0 Å². The molecule has 0 saturated heterocycles. The number of nitrogens with zero attached hydrogens (tertiary/aromatic N) is 2. The van der Waals surface area contributed by atoms with E-state index in [0.29, 0.717) is 30.3 Å². The molecule has 108 valence electrons. The van der Waals surface area contributed by atoms with Crippen LogP contribution >= 0.6 is 0 Å². The molecule has 7 nitrogen and oxygen atoms in total. The Labute approximate surface area is 116 Å². The first kappa shape index (κ1) is 14.3. The van der Waals surface area contributed by atoms with Gasteiger partial charge in [-0.3, -0.25) is 10.1 Å². The van der Waals surface area contributed by atoms with Crippen LogP contribution in [0.2, 0.25) is 0 Å². The molecule has 1 aromatic heterocycles. The number of fused-ring (bicyclic) bond motifs is 1. The third-order valence-electron chi connectivity index (χ3n) is 2.75. The van der Waals surface area contributed by atoms with Crippen molar-refractivity contribution in [3.8, 4) is 0 Å². The molecule has 0 unspecified atom stereocenters. The molecule has 0 radical (unpaired) electrons. The average molecular weight is 279 g/mol. The third kappa shape index (κ3) is 3.67. The normalized spacial score (nSPS) is 10.8. The van der Waals surface area contributed by atoms with Crippen LogP contribution in [-0.4, -0.2) is 29.7 Å². The number of nitro benzene ring substituents is 1. The zero-order valence-corrected chi connectivity index (χ0v) is 11.3. The molecule has 0 fully saturated rings. The van der Waals surface area contributed by atoms with Gasteiger partial charge < -0.3 is 14.5 Å². The number of non-ortho nitro benzene ring substituents is 1. The highest BCUT2D eigenvalue weighted by Gasteiger charge is 2.11. The van der Waals surface area contributed by atoms with Crippen molar-refractivity contribution in [2.45, 2.75) is 19.8 Å². The molecule has 0 aliphatic rings. The summed E-state index contributed by atoms with van der Waals surface area (Å²) in [5.41, 5.74) is 0.985. The van der Waals surface area contributed by atoms with E-state index in [-0.39, 0.29) is 5.69 Å². The highest BCUT2D eigenvalue weighted by molar-refractivity contribution is 5.77. The van der Waals surface area contributed by atoms with Gasteiger partial charge in [-0.25, -0.2) is 0 Å². The lowest BCUT2D eigenvalue weighted by Crippen LogP contribution is -2.10. The van der Waals surface area contributed by atoms with E-state index < -0.39 is 4.92 Å². The molecule has 0 spiro atoms. The number of oxazole rings is 1. The van der Waals surface area contributed by atoms with Gasteiger partial charge in [0.1, 0.15) is 5.52 Å². The molecular weight excluding hydrogens is 262 g/mol. The first-order valence-electron chi connectivity index (χ1n) is 6.57. The van der Waals surface area contributed by atoms with Crippen molar-refractivity contribution in [2.24, 2.45) is 0 Å². The van der Waals surface area contributed by atoms with Crippen LogP contribution in [0.15, 0.2) is 22.6 Å². The van der Waals surface area contributed by atoms with Gasteiger partial charge in [0.25, 0.3) is 11.7 Å². The third-order valence-corrected chi connectivity index (χ3v) is 2.75. The van der Waals surface area contributed by atoms with Gasteiger partial charge in [0, 0.05) is 25.3 Å². The van der Waals surface area contributed by atoms with Crippen molar-refractivity contribution < 1.29 is 14.1 Å². The van der Waals surface area contributed by atoms with Gasteiger partial charge in [0.05, 0.1) is 11.5 Å². The summed E-state index contributed by atoms with van der Waals surface area (Å²) in [6.45, 7) is 4.01. The minimum Gasteiger partial charge on any atom is -0.424 e. The predicted molar refractivity (Wildman–Crippen MR) is 74.9 cm³/mol. The zero-order valence-electron chi connectivity index (χ0n) is 11.3. The summed E-state index contributed by atoms with van der Waals surface area (Å²) in [6, 6.07) is 4.68. The van der Waals surface area contributed by atoms with E-state index in [4.69, 9.17) is 9.15 Å². The smallest absolute Gasteiger partial charge is 0.295 e. The summed E-state index contributed by atoms with van der Waals surface area (Å²) in [5, 5.41) is 13.7. The standard InChI is InChI=1S/C13H17N3O4/c1-2-3-7-19-8-6-14-13-15-11-9-10(16(17)18)4-5-12(11)20-13/h4-5,9H,2-3,6-8H2,1H3,(H,14,15). The summed E-state index contributed by atoms with van der Waals surface area (Å²) >= 11 is 0. The van der Waals surface area contributed by atoms with Crippen molar-refractivity contribution in [3.63, 3.8) is 0 Å². The van der Waals surface area contributed by atoms with Gasteiger partial charge in [-0.15, -0.1) is 0 Å². The highest BCUT2D eigenvalue weighted by atomic mass is 16.6. The van der Waals surface area contributed by atoms with Gasteiger partial charge in [-0.2, -0.15) is 4.98 Å². The van der Waals surface area contributed by atoms with E-state index in [1.54, 1.807) is 6.07 Å². The number of hydrogen-bond acceptors (Lipinski definition) is 6. The summed E-state index contributed by atoms with van der Waals surface area (Å²) < 4.78 is 10.8. The molecule has 0 atom stereocenters. The predicted octanol–water partition coefficient (Wildman–Crippen LogP) is 2.96. The van der Waals surface area contributed by atoms with Gasteiger partial charge >= 0.3 is 0 Å². The number of hydrogen-bond donors (Lipinski definition) is 1. The van der Waals surface area contributed by atoms with Crippen molar-refractivity contribution in [1.29, 1.82) is 0 Å². The quantitative estimate of drug-likeness (QED) is 0.454. The second-order valence-corrected chi connectivity index (χ2v) is 4.32. The monoisotopic (exact) mass is 279 g/mol. The SMILES string of the molecule is CCCCOCCNc1nc2cc([N+](=O)[O-])ccc2o1. The maximum Gasteiger partial charge on any atom is 0.295 e. The lowest BCUT2D eigenvalue weighted by atomic mass is 10.3. The Morgan fingerprint density at radius 2 is 2.30 bits per heavy atom. The maximum absolute atomic E-state index is 10.7. The first-order chi connectivity index (χ1) is 9.70. The summed E-state index contributed by atoms with van der Waals surface area (Å²) in [4.78, 5) is 14.4. The van der Waals surface area contributed by atoms with E-state index in [9.17, 15) is 10.1 Å². The molecule has 7 heteroatoms. The minimum atomic E-state index is -0.456. The summed E-state index contributed by atoms with van der Waals surface area (Å²) in [6.07, 6.45) is 2.16. The second-order valence-electron chi connectivity index (χ2n) is 4.32. The van der Waals surface area contributed by atoms with Crippen molar-refractivity contribution in [2.75, 3.05) is 25.1 Å². The van der Waals surface area contributed by atoms with Gasteiger partial charge in [-0.1, -0.05) is 13.3 Å². The van der Waals surface area contributed by atoms with Crippen LogP contribution < -0.4 is 5.32 Å².